The summed E-state index contributed by atoms with van der Waals surface area (Å²) in [4.78, 5) is 13.7. The van der Waals surface area contributed by atoms with Crippen molar-refractivity contribution in [3.05, 3.63) is 70.5 Å². The van der Waals surface area contributed by atoms with Gasteiger partial charge in [0.2, 0.25) is 11.7 Å². The number of aryl methyl sites for hydroxylation is 1. The molecular weight excluding hydrogens is 353 g/mol. The van der Waals surface area contributed by atoms with E-state index in [2.05, 4.69) is 30.0 Å². The molecule has 5 heteroatoms. The molecule has 1 aliphatic carbocycles. The van der Waals surface area contributed by atoms with E-state index in [0.717, 1.165) is 49.3 Å². The van der Waals surface area contributed by atoms with Gasteiger partial charge in [-0.3, -0.25) is 0 Å². The minimum Gasteiger partial charge on any atom is -0.344 e. The molecule has 0 saturated carbocycles. The molecule has 0 N–H and O–H groups in total. The maximum atomic E-state index is 14.8. The molecule has 28 heavy (non-hydrogen) atoms. The molecule has 0 radical (unpaired) electrons. The number of fused-ring (bicyclic) bond motifs is 4. The van der Waals surface area contributed by atoms with Crippen LogP contribution in [0.5, 0.6) is 0 Å². The van der Waals surface area contributed by atoms with Crippen molar-refractivity contribution in [2.24, 2.45) is 4.99 Å². The summed E-state index contributed by atoms with van der Waals surface area (Å²) in [5, 5.41) is 1.74. The number of halogens is 1. The molecule has 1 unspecified atom stereocenters. The maximum Gasteiger partial charge on any atom is 0.240 e. The quantitative estimate of drug-likeness (QED) is 0.785. The molecule has 1 aliphatic heterocycles. The molecule has 4 rings (SSSR count). The highest BCUT2D eigenvalue weighted by molar-refractivity contribution is 5.81. The van der Waals surface area contributed by atoms with E-state index < -0.39 is 5.72 Å². The van der Waals surface area contributed by atoms with Gasteiger partial charge in [-0.25, -0.2) is 19.3 Å². The number of hydrogen-bond acceptors (Lipinski definition) is 4. The Morgan fingerprint density at radius 1 is 1.14 bits per heavy atom. The smallest absolute Gasteiger partial charge is 0.240 e. The number of unbranched alkanes of at least 4 members (excludes halogenated alkanes) is 1. The second-order valence-electron chi connectivity index (χ2n) is 7.70. The van der Waals surface area contributed by atoms with Crippen molar-refractivity contribution >= 4 is 5.96 Å². The average molecular weight is 381 g/mol. The van der Waals surface area contributed by atoms with Gasteiger partial charge in [0.05, 0.1) is 0 Å². The molecule has 1 heterocycles. The van der Waals surface area contributed by atoms with Crippen molar-refractivity contribution in [2.45, 2.75) is 44.8 Å². The molecule has 4 nitrogen and oxygen atoms in total. The van der Waals surface area contributed by atoms with Crippen LogP contribution in [0.3, 0.4) is 0 Å². The van der Waals surface area contributed by atoms with Crippen LogP contribution >= 0.6 is 0 Å². The zero-order valence-corrected chi connectivity index (χ0v) is 16.9. The van der Waals surface area contributed by atoms with Crippen molar-refractivity contribution in [3.8, 4) is 0 Å². The molecule has 0 fully saturated rings. The van der Waals surface area contributed by atoms with E-state index in [4.69, 9.17) is 9.83 Å². The van der Waals surface area contributed by atoms with E-state index in [0.29, 0.717) is 12.0 Å². The average Bonchev–Trinajstić information content (AvgIpc) is 3.05. The highest BCUT2D eigenvalue weighted by Crippen LogP contribution is 2.45. The molecular formula is C23H28FN3O. The monoisotopic (exact) mass is 381 g/mol. The van der Waals surface area contributed by atoms with Crippen LogP contribution in [0.2, 0.25) is 0 Å². The molecule has 0 aromatic heterocycles. The lowest BCUT2D eigenvalue weighted by Gasteiger charge is -2.32. The van der Waals surface area contributed by atoms with Gasteiger partial charge in [0.1, 0.15) is 5.82 Å². The summed E-state index contributed by atoms with van der Waals surface area (Å²) in [6, 6.07) is 13.5. The topological polar surface area (TPSA) is 28.1 Å². The number of aliphatic imine (C=N–C) groups is 1. The van der Waals surface area contributed by atoms with Crippen molar-refractivity contribution in [1.29, 1.82) is 0 Å². The van der Waals surface area contributed by atoms with E-state index in [1.54, 1.807) is 11.1 Å². The third-order valence-corrected chi connectivity index (χ3v) is 5.74. The Hall–Kier alpha value is -2.40. The lowest BCUT2D eigenvalue weighted by atomic mass is 9.82. The fourth-order valence-electron chi connectivity index (χ4n) is 4.31. The van der Waals surface area contributed by atoms with E-state index in [1.165, 1.54) is 11.6 Å². The van der Waals surface area contributed by atoms with Crippen molar-refractivity contribution < 1.29 is 9.23 Å². The van der Waals surface area contributed by atoms with E-state index in [1.807, 2.05) is 26.2 Å². The van der Waals surface area contributed by atoms with Crippen LogP contribution in [-0.4, -0.2) is 36.6 Å². The summed E-state index contributed by atoms with van der Waals surface area (Å²) in [6.07, 6.45) is 4.67. The molecule has 0 bridgehead atoms. The third-order valence-electron chi connectivity index (χ3n) is 5.74. The summed E-state index contributed by atoms with van der Waals surface area (Å²) in [5.41, 5.74) is 2.70. The lowest BCUT2D eigenvalue weighted by molar-refractivity contribution is -0.155. The van der Waals surface area contributed by atoms with Gasteiger partial charge in [-0.2, -0.15) is 0 Å². The SMILES string of the molecule is CCCCN(C)C1=NC2(ON1C)c1ccccc1CCCc1c(F)cccc12. The van der Waals surface area contributed by atoms with Crippen LogP contribution in [0, 0.1) is 5.82 Å². The van der Waals surface area contributed by atoms with Crippen LogP contribution in [0.15, 0.2) is 47.5 Å². The molecule has 1 spiro atoms. The third kappa shape index (κ3) is 3.08. The Morgan fingerprint density at radius 2 is 1.93 bits per heavy atom. The normalized spacial score (nSPS) is 21.0. The Balaban J connectivity index is 1.92. The van der Waals surface area contributed by atoms with E-state index in [9.17, 15) is 4.39 Å². The maximum absolute atomic E-state index is 14.8. The Kier molecular flexibility index (Phi) is 5.11. The highest BCUT2D eigenvalue weighted by atomic mass is 19.1. The van der Waals surface area contributed by atoms with Gasteiger partial charge < -0.3 is 4.90 Å². The van der Waals surface area contributed by atoms with Crippen molar-refractivity contribution in [1.82, 2.24) is 9.96 Å². The van der Waals surface area contributed by atoms with Gasteiger partial charge in [-0.05, 0) is 42.9 Å². The van der Waals surface area contributed by atoms with Gasteiger partial charge >= 0.3 is 0 Å². The van der Waals surface area contributed by atoms with Crippen molar-refractivity contribution in [2.75, 3.05) is 20.6 Å². The van der Waals surface area contributed by atoms with Gasteiger partial charge in [0.15, 0.2) is 0 Å². The fourth-order valence-corrected chi connectivity index (χ4v) is 4.31. The first-order valence-electron chi connectivity index (χ1n) is 10.2. The number of guanidine groups is 1. The van der Waals surface area contributed by atoms with E-state index in [-0.39, 0.29) is 5.82 Å². The number of hydroxylamine groups is 2. The van der Waals surface area contributed by atoms with Crippen LogP contribution < -0.4 is 0 Å². The second kappa shape index (κ2) is 7.55. The molecule has 0 amide bonds. The largest absolute Gasteiger partial charge is 0.344 e. The summed E-state index contributed by atoms with van der Waals surface area (Å²) < 4.78 is 14.8. The Labute approximate surface area is 166 Å². The van der Waals surface area contributed by atoms with Crippen LogP contribution in [0.4, 0.5) is 4.39 Å². The Bertz CT molecular complexity index is 897. The van der Waals surface area contributed by atoms with Gasteiger partial charge in [0.25, 0.3) is 0 Å². The second-order valence-corrected chi connectivity index (χ2v) is 7.70. The zero-order chi connectivity index (χ0) is 19.7. The molecule has 2 aromatic rings. The fraction of sp³-hybridized carbons (Fsp3) is 0.435. The van der Waals surface area contributed by atoms with Gasteiger partial charge in [-0.1, -0.05) is 49.7 Å². The van der Waals surface area contributed by atoms with Crippen LogP contribution in [0.1, 0.15) is 48.4 Å². The first kappa shape index (κ1) is 18.9. The minimum absolute atomic E-state index is 0.175. The zero-order valence-electron chi connectivity index (χ0n) is 16.9. The van der Waals surface area contributed by atoms with Gasteiger partial charge in [-0.15, -0.1) is 0 Å². The molecule has 148 valence electrons. The molecule has 0 saturated heterocycles. The summed E-state index contributed by atoms with van der Waals surface area (Å²) in [6.45, 7) is 3.08. The first-order chi connectivity index (χ1) is 13.6. The predicted molar refractivity (Wildman–Crippen MR) is 109 cm³/mol. The number of benzene rings is 2. The van der Waals surface area contributed by atoms with E-state index >= 15 is 0 Å². The number of rotatable bonds is 3. The molecule has 2 aromatic carbocycles. The van der Waals surface area contributed by atoms with Crippen LogP contribution in [0.25, 0.3) is 0 Å². The number of nitrogens with zero attached hydrogens (tertiary/aromatic N) is 3. The summed E-state index contributed by atoms with van der Waals surface area (Å²) in [7, 11) is 3.92. The Morgan fingerprint density at radius 3 is 2.75 bits per heavy atom. The summed E-state index contributed by atoms with van der Waals surface area (Å²) >= 11 is 0. The van der Waals surface area contributed by atoms with Crippen LogP contribution in [-0.2, 0) is 23.4 Å². The highest BCUT2D eigenvalue weighted by Gasteiger charge is 2.47. The van der Waals surface area contributed by atoms with Gasteiger partial charge in [0, 0.05) is 31.8 Å². The molecule has 2 aliphatic rings. The van der Waals surface area contributed by atoms with Crippen molar-refractivity contribution in [3.63, 3.8) is 0 Å². The lowest BCUT2D eigenvalue weighted by Crippen LogP contribution is -2.38. The first-order valence-corrected chi connectivity index (χ1v) is 10.2. The summed E-state index contributed by atoms with van der Waals surface area (Å²) in [5.74, 6) is 0.601. The number of hydrogen-bond donors (Lipinski definition) is 0. The minimum atomic E-state index is -1.04. The molecule has 1 atom stereocenters. The predicted octanol–water partition coefficient (Wildman–Crippen LogP) is 4.48. The standard InChI is InChI=1S/C23H28FN3O/c1-4-5-16-26(2)22-25-23(28-27(22)3)19-13-7-6-10-17(19)11-8-12-18-20(23)14-9-15-21(18)24/h6-7,9-10,13-15H,4-5,8,11-12,16H2,1-3H3.